The number of rotatable bonds is 5. The lowest BCUT2D eigenvalue weighted by Gasteiger charge is -2.12. The topological polar surface area (TPSA) is 110 Å². The Kier molecular flexibility index (Phi) is 4.96. The lowest BCUT2D eigenvalue weighted by Crippen LogP contribution is -2.40. The number of urea groups is 1. The van der Waals surface area contributed by atoms with E-state index in [1.54, 1.807) is 12.1 Å². The summed E-state index contributed by atoms with van der Waals surface area (Å²) in [6.45, 7) is 0.574. The van der Waals surface area contributed by atoms with Crippen LogP contribution in [0, 0.1) is 0 Å². The van der Waals surface area contributed by atoms with E-state index in [0.29, 0.717) is 6.54 Å². The minimum atomic E-state index is -0.704. The number of carbonyl (C=O) groups is 2. The monoisotopic (exact) mass is 236 g/mol. The van der Waals surface area contributed by atoms with Crippen molar-refractivity contribution in [1.29, 1.82) is 0 Å². The molecule has 0 aliphatic rings. The van der Waals surface area contributed by atoms with Gasteiger partial charge in [-0.15, -0.1) is 0 Å². The summed E-state index contributed by atoms with van der Waals surface area (Å²) < 4.78 is 0. The fourth-order valence-corrected chi connectivity index (χ4v) is 1.29. The molecule has 0 saturated heterocycles. The fraction of sp³-hybridized carbons (Fsp3) is 0.273. The number of amides is 3. The SMILES string of the molecule is NC(=O)NCCNC(=O)C(N)c1ccccc1. The highest BCUT2D eigenvalue weighted by Gasteiger charge is 2.14. The lowest BCUT2D eigenvalue weighted by atomic mass is 10.1. The molecular weight excluding hydrogens is 220 g/mol. The third-order valence-electron chi connectivity index (χ3n) is 2.16. The first-order valence-electron chi connectivity index (χ1n) is 5.23. The summed E-state index contributed by atoms with van der Waals surface area (Å²) in [5.41, 5.74) is 11.4. The fourth-order valence-electron chi connectivity index (χ4n) is 1.29. The molecule has 0 aromatic heterocycles. The van der Waals surface area contributed by atoms with Crippen molar-refractivity contribution in [2.24, 2.45) is 11.5 Å². The maximum absolute atomic E-state index is 11.6. The van der Waals surface area contributed by atoms with Gasteiger partial charge in [-0.3, -0.25) is 4.79 Å². The largest absolute Gasteiger partial charge is 0.353 e. The van der Waals surface area contributed by atoms with Crippen LogP contribution in [0.25, 0.3) is 0 Å². The maximum Gasteiger partial charge on any atom is 0.312 e. The number of benzene rings is 1. The van der Waals surface area contributed by atoms with Gasteiger partial charge in [0.25, 0.3) is 0 Å². The van der Waals surface area contributed by atoms with E-state index in [1.165, 1.54) is 0 Å². The summed E-state index contributed by atoms with van der Waals surface area (Å²) in [5, 5.41) is 4.96. The van der Waals surface area contributed by atoms with Crippen molar-refractivity contribution in [1.82, 2.24) is 10.6 Å². The molecule has 1 aromatic carbocycles. The van der Waals surface area contributed by atoms with Gasteiger partial charge in [-0.1, -0.05) is 30.3 Å². The Hall–Kier alpha value is -2.08. The Bertz CT molecular complexity index is 380. The normalized spacial score (nSPS) is 11.6. The molecule has 1 rings (SSSR count). The standard InChI is InChI=1S/C11H16N4O2/c12-9(8-4-2-1-3-5-8)10(16)14-6-7-15-11(13)17/h1-5,9H,6-7,12H2,(H,14,16)(H3,13,15,17). The number of hydrogen-bond donors (Lipinski definition) is 4. The second-order valence-electron chi connectivity index (χ2n) is 3.47. The van der Waals surface area contributed by atoms with Gasteiger partial charge in [0.15, 0.2) is 0 Å². The predicted octanol–water partition coefficient (Wildman–Crippen LogP) is -0.529. The smallest absolute Gasteiger partial charge is 0.312 e. The highest BCUT2D eigenvalue weighted by atomic mass is 16.2. The van der Waals surface area contributed by atoms with Crippen LogP contribution in [0.4, 0.5) is 4.79 Å². The Morgan fingerprint density at radius 1 is 1.12 bits per heavy atom. The van der Waals surface area contributed by atoms with E-state index in [4.69, 9.17) is 11.5 Å². The highest BCUT2D eigenvalue weighted by molar-refractivity contribution is 5.82. The van der Waals surface area contributed by atoms with Crippen LogP contribution in [0.5, 0.6) is 0 Å². The Labute approximate surface area is 99.4 Å². The molecule has 6 nitrogen and oxygen atoms in total. The third kappa shape index (κ3) is 4.52. The molecule has 3 amide bonds. The molecule has 0 radical (unpaired) electrons. The van der Waals surface area contributed by atoms with E-state index < -0.39 is 12.1 Å². The second kappa shape index (κ2) is 6.49. The lowest BCUT2D eigenvalue weighted by molar-refractivity contribution is -0.122. The Morgan fingerprint density at radius 3 is 2.29 bits per heavy atom. The molecule has 1 aromatic rings. The molecule has 17 heavy (non-hydrogen) atoms. The number of nitrogens with one attached hydrogen (secondary N) is 2. The Morgan fingerprint density at radius 2 is 1.71 bits per heavy atom. The molecule has 1 atom stereocenters. The number of hydrogen-bond acceptors (Lipinski definition) is 3. The van der Waals surface area contributed by atoms with Crippen molar-refractivity contribution >= 4 is 11.9 Å². The van der Waals surface area contributed by atoms with Gasteiger partial charge >= 0.3 is 6.03 Å². The molecule has 0 saturated carbocycles. The van der Waals surface area contributed by atoms with Crippen molar-refractivity contribution in [2.75, 3.05) is 13.1 Å². The van der Waals surface area contributed by atoms with E-state index in [9.17, 15) is 9.59 Å². The first-order valence-corrected chi connectivity index (χ1v) is 5.23. The summed E-state index contributed by atoms with van der Waals surface area (Å²) in [6, 6.07) is 7.73. The van der Waals surface area contributed by atoms with Gasteiger partial charge in [0, 0.05) is 13.1 Å². The van der Waals surface area contributed by atoms with Crippen LogP contribution in [0.15, 0.2) is 30.3 Å². The van der Waals surface area contributed by atoms with Crippen LogP contribution in [0.3, 0.4) is 0 Å². The van der Waals surface area contributed by atoms with Gasteiger partial charge < -0.3 is 22.1 Å². The maximum atomic E-state index is 11.6. The van der Waals surface area contributed by atoms with Crippen LogP contribution in [0.2, 0.25) is 0 Å². The molecule has 6 N–H and O–H groups in total. The van der Waals surface area contributed by atoms with E-state index in [-0.39, 0.29) is 12.5 Å². The van der Waals surface area contributed by atoms with Crippen molar-refractivity contribution in [3.8, 4) is 0 Å². The van der Waals surface area contributed by atoms with Gasteiger partial charge in [-0.2, -0.15) is 0 Å². The second-order valence-corrected chi connectivity index (χ2v) is 3.47. The zero-order valence-electron chi connectivity index (χ0n) is 9.35. The van der Waals surface area contributed by atoms with Crippen molar-refractivity contribution in [2.45, 2.75) is 6.04 Å². The van der Waals surface area contributed by atoms with Crippen LogP contribution in [-0.4, -0.2) is 25.0 Å². The number of primary amides is 1. The molecule has 0 bridgehead atoms. The van der Waals surface area contributed by atoms with Gasteiger partial charge in [0.2, 0.25) is 5.91 Å². The molecule has 0 fully saturated rings. The average molecular weight is 236 g/mol. The molecule has 0 aliphatic carbocycles. The third-order valence-corrected chi connectivity index (χ3v) is 2.16. The van der Waals surface area contributed by atoms with E-state index in [2.05, 4.69) is 10.6 Å². The zero-order valence-corrected chi connectivity index (χ0v) is 9.35. The zero-order chi connectivity index (χ0) is 12.7. The van der Waals surface area contributed by atoms with Gasteiger partial charge in [-0.25, -0.2) is 4.79 Å². The predicted molar refractivity (Wildman–Crippen MR) is 64.0 cm³/mol. The molecular formula is C11H16N4O2. The van der Waals surface area contributed by atoms with Crippen LogP contribution >= 0.6 is 0 Å². The number of nitrogens with two attached hydrogens (primary N) is 2. The summed E-state index contributed by atoms with van der Waals surface area (Å²) in [5.74, 6) is -0.289. The quantitative estimate of drug-likeness (QED) is 0.516. The minimum Gasteiger partial charge on any atom is -0.353 e. The summed E-state index contributed by atoms with van der Waals surface area (Å²) in [6.07, 6.45) is 0. The molecule has 1 unspecified atom stereocenters. The molecule has 0 heterocycles. The first-order chi connectivity index (χ1) is 8.11. The van der Waals surface area contributed by atoms with E-state index in [0.717, 1.165) is 5.56 Å². The van der Waals surface area contributed by atoms with Gasteiger partial charge in [0.05, 0.1) is 0 Å². The van der Waals surface area contributed by atoms with Crippen molar-refractivity contribution in [3.05, 3.63) is 35.9 Å². The van der Waals surface area contributed by atoms with Crippen LogP contribution < -0.4 is 22.1 Å². The molecule has 92 valence electrons. The summed E-state index contributed by atoms with van der Waals surface area (Å²) in [7, 11) is 0. The summed E-state index contributed by atoms with van der Waals surface area (Å²) >= 11 is 0. The van der Waals surface area contributed by atoms with Crippen LogP contribution in [-0.2, 0) is 4.79 Å². The van der Waals surface area contributed by atoms with E-state index in [1.807, 2.05) is 18.2 Å². The summed E-state index contributed by atoms with van der Waals surface area (Å²) in [4.78, 5) is 22.0. The highest BCUT2D eigenvalue weighted by Crippen LogP contribution is 2.08. The van der Waals surface area contributed by atoms with E-state index >= 15 is 0 Å². The van der Waals surface area contributed by atoms with Crippen LogP contribution in [0.1, 0.15) is 11.6 Å². The molecule has 0 spiro atoms. The first kappa shape index (κ1) is 13.0. The van der Waals surface area contributed by atoms with Gasteiger partial charge in [0.1, 0.15) is 6.04 Å². The van der Waals surface area contributed by atoms with Gasteiger partial charge in [-0.05, 0) is 5.56 Å². The minimum absolute atomic E-state index is 0.280. The van der Waals surface area contributed by atoms with Crippen molar-refractivity contribution in [3.63, 3.8) is 0 Å². The average Bonchev–Trinajstić information content (AvgIpc) is 2.34. The van der Waals surface area contributed by atoms with Crippen molar-refractivity contribution < 1.29 is 9.59 Å². The Balaban J connectivity index is 2.35. The molecule has 6 heteroatoms. The number of carbonyl (C=O) groups excluding carboxylic acids is 2. The molecule has 0 aliphatic heterocycles.